The number of benzene rings is 3. The highest BCUT2D eigenvalue weighted by Crippen LogP contribution is 2.31. The second kappa shape index (κ2) is 11.6. The normalized spacial score (nSPS) is 11.2. The Bertz CT molecular complexity index is 1860. The highest BCUT2D eigenvalue weighted by atomic mass is 32.2. The minimum atomic E-state index is -0.198. The summed E-state index contributed by atoms with van der Waals surface area (Å²) in [6, 6.07) is 19.6. The van der Waals surface area contributed by atoms with Crippen molar-refractivity contribution >= 4 is 62.9 Å². The van der Waals surface area contributed by atoms with Crippen LogP contribution in [0.15, 0.2) is 70.6 Å². The SMILES string of the molecule is Cc1cccc(C)c1-n1c(SCC(=O)Nc2ccc(N(C)C)cc2)nc2c(sc(=S)n2-c2c(C)cccc2C)c1=O. The first-order chi connectivity index (χ1) is 19.6. The summed E-state index contributed by atoms with van der Waals surface area (Å²) in [6.45, 7) is 8.00. The minimum Gasteiger partial charge on any atom is -0.378 e. The molecule has 5 aromatic rings. The van der Waals surface area contributed by atoms with Crippen LogP contribution in [-0.4, -0.2) is 39.9 Å². The van der Waals surface area contributed by atoms with Gasteiger partial charge in [0.25, 0.3) is 5.56 Å². The van der Waals surface area contributed by atoms with E-state index in [9.17, 15) is 9.59 Å². The van der Waals surface area contributed by atoms with Crippen molar-refractivity contribution in [2.75, 3.05) is 30.1 Å². The van der Waals surface area contributed by atoms with E-state index in [2.05, 4.69) is 5.32 Å². The van der Waals surface area contributed by atoms with Crippen molar-refractivity contribution in [1.82, 2.24) is 14.1 Å². The number of carbonyl (C=O) groups is 1. The monoisotopic (exact) mass is 601 g/mol. The lowest BCUT2D eigenvalue weighted by atomic mass is 10.1. The van der Waals surface area contributed by atoms with Gasteiger partial charge in [-0.25, -0.2) is 4.98 Å². The molecule has 0 fully saturated rings. The summed E-state index contributed by atoms with van der Waals surface area (Å²) in [4.78, 5) is 34.3. The van der Waals surface area contributed by atoms with E-state index in [1.807, 2.05) is 112 Å². The van der Waals surface area contributed by atoms with E-state index in [0.717, 1.165) is 39.3 Å². The van der Waals surface area contributed by atoms with E-state index < -0.39 is 0 Å². The number of nitrogens with zero attached hydrogens (tertiary/aromatic N) is 4. The Morgan fingerprint density at radius 2 is 1.44 bits per heavy atom. The van der Waals surface area contributed by atoms with Crippen LogP contribution in [0.2, 0.25) is 0 Å². The highest BCUT2D eigenvalue weighted by molar-refractivity contribution is 7.99. The van der Waals surface area contributed by atoms with Crippen LogP contribution in [0.25, 0.3) is 21.7 Å². The average molecular weight is 602 g/mol. The van der Waals surface area contributed by atoms with E-state index in [1.165, 1.54) is 23.1 Å². The molecule has 7 nitrogen and oxygen atoms in total. The molecule has 0 saturated carbocycles. The van der Waals surface area contributed by atoms with Crippen molar-refractivity contribution in [1.29, 1.82) is 0 Å². The maximum Gasteiger partial charge on any atom is 0.278 e. The van der Waals surface area contributed by atoms with Gasteiger partial charge in [0, 0.05) is 25.5 Å². The van der Waals surface area contributed by atoms with Crippen molar-refractivity contribution in [3.8, 4) is 11.4 Å². The molecule has 1 N–H and O–H groups in total. The Balaban J connectivity index is 1.62. The third-order valence-electron chi connectivity index (χ3n) is 6.90. The number of hydrogen-bond acceptors (Lipinski definition) is 7. The van der Waals surface area contributed by atoms with Crippen LogP contribution in [-0.2, 0) is 4.79 Å². The second-order valence-corrected chi connectivity index (χ2v) is 12.7. The van der Waals surface area contributed by atoms with E-state index in [-0.39, 0.29) is 17.2 Å². The predicted molar refractivity (Wildman–Crippen MR) is 174 cm³/mol. The molecule has 41 heavy (non-hydrogen) atoms. The van der Waals surface area contributed by atoms with Crippen molar-refractivity contribution in [2.45, 2.75) is 32.9 Å². The van der Waals surface area contributed by atoms with Crippen LogP contribution in [0.3, 0.4) is 0 Å². The number of anilines is 2. The lowest BCUT2D eigenvalue weighted by Gasteiger charge is -2.17. The van der Waals surface area contributed by atoms with E-state index in [0.29, 0.717) is 25.1 Å². The van der Waals surface area contributed by atoms with Crippen molar-refractivity contribution in [2.24, 2.45) is 0 Å². The van der Waals surface area contributed by atoms with Gasteiger partial charge in [0.05, 0.1) is 17.1 Å². The highest BCUT2D eigenvalue weighted by Gasteiger charge is 2.22. The van der Waals surface area contributed by atoms with Gasteiger partial charge in [-0.05, 0) is 86.4 Å². The number of fused-ring (bicyclic) bond motifs is 1. The van der Waals surface area contributed by atoms with Gasteiger partial charge in [-0.15, -0.1) is 0 Å². The van der Waals surface area contributed by atoms with Gasteiger partial charge in [-0.2, -0.15) is 0 Å². The van der Waals surface area contributed by atoms with Crippen LogP contribution in [0.1, 0.15) is 22.3 Å². The second-order valence-electron chi connectivity index (χ2n) is 10.2. The van der Waals surface area contributed by atoms with E-state index in [4.69, 9.17) is 17.2 Å². The lowest BCUT2D eigenvalue weighted by Crippen LogP contribution is -2.24. The number of hydrogen-bond donors (Lipinski definition) is 1. The van der Waals surface area contributed by atoms with Gasteiger partial charge in [0.2, 0.25) is 5.91 Å². The van der Waals surface area contributed by atoms with Crippen molar-refractivity contribution in [3.05, 3.63) is 97.2 Å². The smallest absolute Gasteiger partial charge is 0.278 e. The molecule has 0 aliphatic heterocycles. The molecule has 0 atom stereocenters. The number of aryl methyl sites for hydroxylation is 4. The van der Waals surface area contributed by atoms with Crippen molar-refractivity contribution < 1.29 is 4.79 Å². The average Bonchev–Trinajstić information content (AvgIpc) is 3.24. The van der Waals surface area contributed by atoms with Crippen LogP contribution >= 0.6 is 35.3 Å². The van der Waals surface area contributed by atoms with Crippen molar-refractivity contribution in [3.63, 3.8) is 0 Å². The zero-order valence-electron chi connectivity index (χ0n) is 23.8. The molecule has 210 valence electrons. The molecule has 0 bridgehead atoms. The fourth-order valence-corrected chi connectivity index (χ4v) is 6.98. The molecule has 0 unspecified atom stereocenters. The summed E-state index contributed by atoms with van der Waals surface area (Å²) in [7, 11) is 3.94. The molecular weight excluding hydrogens is 571 g/mol. The first-order valence-electron chi connectivity index (χ1n) is 13.1. The Morgan fingerprint density at radius 1 is 0.902 bits per heavy atom. The summed E-state index contributed by atoms with van der Waals surface area (Å²) in [5.74, 6) is -0.112. The standard InChI is InChI=1S/C31H31N5O2S3/c1-18-9-7-10-19(2)25(18)35-28-27(41-31(35)39)29(38)36(26-20(3)11-8-12-21(26)4)30(33-28)40-17-24(37)32-22-13-15-23(16-14-22)34(5)6/h7-16H,17H2,1-6H3,(H,32,37). The molecule has 5 rings (SSSR count). The largest absolute Gasteiger partial charge is 0.378 e. The fourth-order valence-electron chi connectivity index (χ4n) is 4.91. The van der Waals surface area contributed by atoms with E-state index >= 15 is 0 Å². The molecule has 10 heteroatoms. The molecule has 0 radical (unpaired) electrons. The molecular formula is C31H31N5O2S3. The maximum absolute atomic E-state index is 14.2. The number of nitrogens with one attached hydrogen (secondary N) is 1. The first kappa shape index (κ1) is 28.8. The molecule has 0 aliphatic carbocycles. The fraction of sp³-hybridized carbons (Fsp3) is 0.226. The van der Waals surface area contributed by atoms with Crippen LogP contribution in [0, 0.1) is 31.6 Å². The summed E-state index contributed by atoms with van der Waals surface area (Å²) in [5, 5.41) is 3.39. The predicted octanol–water partition coefficient (Wildman–Crippen LogP) is 7.00. The molecule has 0 saturated heterocycles. The van der Waals surface area contributed by atoms with Crippen LogP contribution in [0.4, 0.5) is 11.4 Å². The number of para-hydroxylation sites is 2. The third-order valence-corrected chi connectivity index (χ3v) is 9.19. The zero-order chi connectivity index (χ0) is 29.4. The number of thioether (sulfide) groups is 1. The minimum absolute atomic E-state index is 0.0760. The number of carbonyl (C=O) groups excluding carboxylic acids is 1. The molecule has 2 heterocycles. The summed E-state index contributed by atoms with van der Waals surface area (Å²) in [6.07, 6.45) is 0. The van der Waals surface area contributed by atoms with Gasteiger partial charge in [0.1, 0.15) is 4.70 Å². The Kier molecular flexibility index (Phi) is 8.17. The Morgan fingerprint density at radius 3 is 1.98 bits per heavy atom. The Labute approximate surface area is 252 Å². The van der Waals surface area contributed by atoms with Gasteiger partial charge in [-0.3, -0.25) is 18.7 Å². The maximum atomic E-state index is 14.2. The van der Waals surface area contributed by atoms with Crippen LogP contribution in [0.5, 0.6) is 0 Å². The topological polar surface area (TPSA) is 72.2 Å². The molecule has 0 aliphatic rings. The summed E-state index contributed by atoms with van der Waals surface area (Å²) >= 11 is 8.29. The number of aromatic nitrogens is 3. The van der Waals surface area contributed by atoms with Gasteiger partial charge in [-0.1, -0.05) is 59.5 Å². The van der Waals surface area contributed by atoms with Gasteiger partial charge >= 0.3 is 0 Å². The molecule has 1 amide bonds. The lowest BCUT2D eigenvalue weighted by molar-refractivity contribution is -0.113. The first-order valence-corrected chi connectivity index (χ1v) is 15.3. The molecule has 0 spiro atoms. The Hall–Kier alpha value is -3.73. The number of rotatable bonds is 7. The number of thiazole rings is 1. The van der Waals surface area contributed by atoms with E-state index in [1.54, 1.807) is 4.57 Å². The quantitative estimate of drug-likeness (QED) is 0.123. The third kappa shape index (κ3) is 5.59. The summed E-state index contributed by atoms with van der Waals surface area (Å²) in [5.41, 5.74) is 7.72. The summed E-state index contributed by atoms with van der Waals surface area (Å²) < 4.78 is 4.57. The van der Waals surface area contributed by atoms with Gasteiger partial charge in [0.15, 0.2) is 14.8 Å². The molecule has 2 aromatic heterocycles. The molecule has 3 aromatic carbocycles. The van der Waals surface area contributed by atoms with Gasteiger partial charge < -0.3 is 10.2 Å². The number of amides is 1. The van der Waals surface area contributed by atoms with Crippen LogP contribution < -0.4 is 15.8 Å². The zero-order valence-corrected chi connectivity index (χ0v) is 26.3.